The van der Waals surface area contributed by atoms with E-state index in [0.29, 0.717) is 5.78 Å². The van der Waals surface area contributed by atoms with Gasteiger partial charge in [-0.05, 0) is 36.1 Å². The van der Waals surface area contributed by atoms with Crippen molar-refractivity contribution < 1.29 is 4.79 Å². The normalized spacial score (nSPS) is 20.7. The number of hydrogen-bond acceptors (Lipinski definition) is 1. The molecule has 1 aliphatic rings. The summed E-state index contributed by atoms with van der Waals surface area (Å²) in [5.74, 6) is 0.684. The van der Waals surface area contributed by atoms with E-state index in [1.165, 1.54) is 21.9 Å². The molecule has 2 aromatic carbocycles. The smallest absolute Gasteiger partial charge is 0.139 e. The van der Waals surface area contributed by atoms with Crippen LogP contribution in [0.15, 0.2) is 60.9 Å². The van der Waals surface area contributed by atoms with Crippen LogP contribution in [-0.4, -0.2) is 15.8 Å². The summed E-state index contributed by atoms with van der Waals surface area (Å²) in [7, 11) is 0. The van der Waals surface area contributed by atoms with Gasteiger partial charge in [-0.15, -0.1) is 0 Å². The predicted molar refractivity (Wildman–Crippen MR) is 110 cm³/mol. The Morgan fingerprint density at radius 3 is 2.00 bits per heavy atom. The molecule has 0 aliphatic heterocycles. The molecule has 136 valence electrons. The molecule has 2 N–H and O–H groups in total. The maximum absolute atomic E-state index is 13.2. The minimum absolute atomic E-state index is 0.0344. The van der Waals surface area contributed by atoms with Gasteiger partial charge in [0.15, 0.2) is 0 Å². The Labute approximate surface area is 158 Å². The number of carbonyl (C=O) groups is 1. The van der Waals surface area contributed by atoms with E-state index in [0.717, 1.165) is 30.3 Å². The number of aromatic nitrogens is 2. The molecule has 0 saturated heterocycles. The van der Waals surface area contributed by atoms with Gasteiger partial charge in [-0.2, -0.15) is 0 Å². The molecule has 1 aliphatic carbocycles. The van der Waals surface area contributed by atoms with E-state index >= 15 is 0 Å². The first-order chi connectivity index (χ1) is 13.2. The lowest BCUT2D eigenvalue weighted by Crippen LogP contribution is -2.31. The van der Waals surface area contributed by atoms with Crippen LogP contribution in [0, 0.1) is 11.8 Å². The molecule has 3 heteroatoms. The van der Waals surface area contributed by atoms with Gasteiger partial charge in [0, 0.05) is 52.0 Å². The second-order valence-corrected chi connectivity index (χ2v) is 7.90. The average Bonchev–Trinajstić information content (AvgIpc) is 3.31. The molecule has 3 nitrogen and oxygen atoms in total. The summed E-state index contributed by atoms with van der Waals surface area (Å²) in [6.45, 7) is 2.09. The van der Waals surface area contributed by atoms with Crippen LogP contribution >= 0.6 is 0 Å². The van der Waals surface area contributed by atoms with Crippen LogP contribution in [0.25, 0.3) is 21.8 Å². The van der Waals surface area contributed by atoms with Gasteiger partial charge in [-0.3, -0.25) is 4.79 Å². The summed E-state index contributed by atoms with van der Waals surface area (Å²) in [6, 6.07) is 16.8. The summed E-state index contributed by atoms with van der Waals surface area (Å²) in [5.41, 5.74) is 4.74. The van der Waals surface area contributed by atoms with Gasteiger partial charge in [-0.25, -0.2) is 0 Å². The van der Waals surface area contributed by atoms with Crippen molar-refractivity contribution in [3.05, 3.63) is 72.1 Å². The van der Waals surface area contributed by atoms with E-state index in [-0.39, 0.29) is 17.8 Å². The fourth-order valence-electron chi connectivity index (χ4n) is 4.93. The zero-order valence-electron chi connectivity index (χ0n) is 15.5. The maximum atomic E-state index is 13.2. The van der Waals surface area contributed by atoms with E-state index in [1.54, 1.807) is 0 Å². The first-order valence-electron chi connectivity index (χ1n) is 9.90. The molecule has 0 unspecified atom stereocenters. The highest BCUT2D eigenvalue weighted by Crippen LogP contribution is 2.44. The molecule has 0 spiro atoms. The largest absolute Gasteiger partial charge is 0.361 e. The zero-order valence-corrected chi connectivity index (χ0v) is 15.5. The number of nitrogens with one attached hydrogen (secondary N) is 2. The summed E-state index contributed by atoms with van der Waals surface area (Å²) >= 11 is 0. The van der Waals surface area contributed by atoms with E-state index in [9.17, 15) is 4.79 Å². The number of hydrogen-bond donors (Lipinski definition) is 2. The topological polar surface area (TPSA) is 48.6 Å². The summed E-state index contributed by atoms with van der Waals surface area (Å²) in [5, 5.41) is 2.44. The van der Waals surface area contributed by atoms with Crippen LogP contribution in [0.3, 0.4) is 0 Å². The molecule has 2 aromatic heterocycles. The SMILES string of the molecule is C[C@H]1CCC[C@@H](C(c2c[nH]c3ccccc23)c2c[nH]c3ccccc23)C1=O. The first kappa shape index (κ1) is 16.4. The highest BCUT2D eigenvalue weighted by molar-refractivity contribution is 5.92. The van der Waals surface area contributed by atoms with Gasteiger partial charge >= 0.3 is 0 Å². The fraction of sp³-hybridized carbons (Fsp3) is 0.292. The molecule has 27 heavy (non-hydrogen) atoms. The molecule has 1 fully saturated rings. The molecular weight excluding hydrogens is 332 g/mol. The highest BCUT2D eigenvalue weighted by Gasteiger charge is 2.37. The second-order valence-electron chi connectivity index (χ2n) is 7.90. The third-order valence-corrected chi connectivity index (χ3v) is 6.32. The Kier molecular flexibility index (Phi) is 3.89. The van der Waals surface area contributed by atoms with Crippen molar-refractivity contribution in [3.8, 4) is 0 Å². The van der Waals surface area contributed by atoms with Crippen LogP contribution in [-0.2, 0) is 4.79 Å². The van der Waals surface area contributed by atoms with Crippen LogP contribution < -0.4 is 0 Å². The van der Waals surface area contributed by atoms with Crippen molar-refractivity contribution in [2.24, 2.45) is 11.8 Å². The molecule has 0 amide bonds. The highest BCUT2D eigenvalue weighted by atomic mass is 16.1. The third-order valence-electron chi connectivity index (χ3n) is 6.32. The lowest BCUT2D eigenvalue weighted by Gasteiger charge is -2.32. The van der Waals surface area contributed by atoms with Crippen molar-refractivity contribution in [3.63, 3.8) is 0 Å². The van der Waals surface area contributed by atoms with Gasteiger partial charge in [0.05, 0.1) is 0 Å². The van der Waals surface area contributed by atoms with Crippen molar-refractivity contribution in [2.45, 2.75) is 32.1 Å². The molecule has 1 saturated carbocycles. The Balaban J connectivity index is 1.74. The van der Waals surface area contributed by atoms with Gasteiger partial charge < -0.3 is 9.97 Å². The number of fused-ring (bicyclic) bond motifs is 2. The molecule has 2 heterocycles. The number of carbonyl (C=O) groups excluding carboxylic acids is 1. The van der Waals surface area contributed by atoms with E-state index in [2.05, 4.69) is 77.8 Å². The van der Waals surface area contributed by atoms with Crippen molar-refractivity contribution in [1.29, 1.82) is 0 Å². The second kappa shape index (κ2) is 6.41. The molecule has 2 atom stereocenters. The first-order valence-corrected chi connectivity index (χ1v) is 9.90. The average molecular weight is 356 g/mol. The quantitative estimate of drug-likeness (QED) is 0.480. The Morgan fingerprint density at radius 2 is 1.41 bits per heavy atom. The van der Waals surface area contributed by atoms with Crippen LogP contribution in [0.1, 0.15) is 43.2 Å². The number of benzene rings is 2. The van der Waals surface area contributed by atoms with Gasteiger partial charge in [0.1, 0.15) is 5.78 Å². The van der Waals surface area contributed by atoms with Gasteiger partial charge in [-0.1, -0.05) is 49.7 Å². The predicted octanol–water partition coefficient (Wildman–Crippen LogP) is 5.79. The van der Waals surface area contributed by atoms with Crippen molar-refractivity contribution in [1.82, 2.24) is 9.97 Å². The van der Waals surface area contributed by atoms with Crippen molar-refractivity contribution in [2.75, 3.05) is 0 Å². The van der Waals surface area contributed by atoms with Crippen LogP contribution in [0.4, 0.5) is 0 Å². The maximum Gasteiger partial charge on any atom is 0.139 e. The van der Waals surface area contributed by atoms with Crippen LogP contribution in [0.2, 0.25) is 0 Å². The number of para-hydroxylation sites is 2. The lowest BCUT2D eigenvalue weighted by atomic mass is 9.70. The van der Waals surface area contributed by atoms with Gasteiger partial charge in [0.2, 0.25) is 0 Å². The summed E-state index contributed by atoms with van der Waals surface area (Å²) < 4.78 is 0. The van der Waals surface area contributed by atoms with E-state index in [1.807, 2.05) is 0 Å². The Bertz CT molecular complexity index is 1050. The number of rotatable bonds is 3. The Morgan fingerprint density at radius 1 is 0.852 bits per heavy atom. The van der Waals surface area contributed by atoms with Crippen LogP contribution in [0.5, 0.6) is 0 Å². The summed E-state index contributed by atoms with van der Waals surface area (Å²) in [6.07, 6.45) is 7.34. The monoisotopic (exact) mass is 356 g/mol. The molecular formula is C24H24N2O. The number of Topliss-reactive ketones (excluding diaryl/α,β-unsaturated/α-hetero) is 1. The molecule has 0 radical (unpaired) electrons. The zero-order chi connectivity index (χ0) is 18.4. The molecule has 4 aromatic rings. The minimum Gasteiger partial charge on any atom is -0.361 e. The van der Waals surface area contributed by atoms with E-state index in [4.69, 9.17) is 0 Å². The summed E-state index contributed by atoms with van der Waals surface area (Å²) in [4.78, 5) is 20.1. The van der Waals surface area contributed by atoms with Gasteiger partial charge in [0.25, 0.3) is 0 Å². The third kappa shape index (κ3) is 2.61. The number of ketones is 1. The molecule has 0 bridgehead atoms. The van der Waals surface area contributed by atoms with E-state index < -0.39 is 0 Å². The Hall–Kier alpha value is -2.81. The fourth-order valence-corrected chi connectivity index (χ4v) is 4.93. The standard InChI is InChI=1S/C24H24N2O/c1-15-7-6-10-18(24(15)27)23(19-13-25-21-11-4-2-8-16(19)21)20-14-26-22-12-5-3-9-17(20)22/h2-5,8-9,11-15,18,23,25-26H,6-7,10H2,1H3/t15-,18-/m0/s1. The minimum atomic E-state index is 0.0344. The number of aromatic amines is 2. The molecule has 5 rings (SSSR count). The number of H-pyrrole nitrogens is 2. The lowest BCUT2D eigenvalue weighted by molar-refractivity contribution is -0.129. The van der Waals surface area contributed by atoms with Crippen molar-refractivity contribution >= 4 is 27.6 Å².